The Morgan fingerprint density at radius 3 is 2.81 bits per heavy atom. The summed E-state index contributed by atoms with van der Waals surface area (Å²) in [7, 11) is 0. The maximum absolute atomic E-state index is 14.7. The third kappa shape index (κ3) is 2.93. The molecule has 3 heterocycles. The number of nitrogens with two attached hydrogens (primary N) is 1. The van der Waals surface area contributed by atoms with E-state index in [2.05, 4.69) is 15.2 Å². The van der Waals surface area contributed by atoms with Gasteiger partial charge in [0.1, 0.15) is 12.1 Å². The van der Waals surface area contributed by atoms with Gasteiger partial charge in [0.05, 0.1) is 10.9 Å². The highest BCUT2D eigenvalue weighted by Crippen LogP contribution is 2.29. The van der Waals surface area contributed by atoms with E-state index in [9.17, 15) is 9.18 Å². The second-order valence-electron chi connectivity index (χ2n) is 6.26. The van der Waals surface area contributed by atoms with Gasteiger partial charge in [0.2, 0.25) is 0 Å². The molecule has 0 atom stereocenters. The first kappa shape index (κ1) is 17.2. The number of rotatable bonds is 5. The number of halogens is 1. The molecule has 3 aromatic heterocycles. The van der Waals surface area contributed by atoms with Gasteiger partial charge in [0.15, 0.2) is 11.6 Å². The molecule has 7 nitrogen and oxygen atoms in total. The van der Waals surface area contributed by atoms with E-state index in [1.165, 1.54) is 12.1 Å². The normalized spacial score (nSPS) is 11.4. The lowest BCUT2D eigenvalue weighted by atomic mass is 10.1. The summed E-state index contributed by atoms with van der Waals surface area (Å²) in [5.41, 5.74) is 7.96. The minimum Gasteiger partial charge on any atom is -0.486 e. The molecule has 0 unspecified atom stereocenters. The van der Waals surface area contributed by atoms with Gasteiger partial charge < -0.3 is 15.0 Å². The van der Waals surface area contributed by atoms with Crippen molar-refractivity contribution in [3.63, 3.8) is 0 Å². The van der Waals surface area contributed by atoms with Crippen molar-refractivity contribution in [2.24, 2.45) is 5.73 Å². The molecule has 1 aromatic carbocycles. The number of hydrogen-bond acceptors (Lipinski definition) is 5. The molecular weight excluding hydrogens is 349 g/mol. The van der Waals surface area contributed by atoms with Crippen LogP contribution >= 0.6 is 0 Å². The topological polar surface area (TPSA) is 98.8 Å². The van der Waals surface area contributed by atoms with Crippen molar-refractivity contribution in [2.45, 2.75) is 20.1 Å². The van der Waals surface area contributed by atoms with Crippen LogP contribution in [0.5, 0.6) is 5.75 Å². The molecule has 27 heavy (non-hydrogen) atoms. The number of fused-ring (bicyclic) bond motifs is 3. The molecule has 0 saturated carbocycles. The average molecular weight is 367 g/mol. The van der Waals surface area contributed by atoms with E-state index >= 15 is 0 Å². The van der Waals surface area contributed by atoms with E-state index in [0.717, 1.165) is 5.56 Å². The summed E-state index contributed by atoms with van der Waals surface area (Å²) in [5.74, 6) is -0.451. The first-order chi connectivity index (χ1) is 13.1. The second-order valence-corrected chi connectivity index (χ2v) is 6.26. The minimum absolute atomic E-state index is 0.0658. The summed E-state index contributed by atoms with van der Waals surface area (Å²) in [6.45, 7) is 2.54. The number of nitrogens with one attached hydrogen (secondary N) is 1. The zero-order valence-corrected chi connectivity index (χ0v) is 14.7. The third-order valence-electron chi connectivity index (χ3n) is 4.50. The number of aryl methyl sites for hydroxylation is 1. The van der Waals surface area contributed by atoms with Gasteiger partial charge in [-0.1, -0.05) is 0 Å². The molecule has 0 fully saturated rings. The number of nitrogens with zero attached hydrogens (tertiary/aromatic N) is 3. The van der Waals surface area contributed by atoms with E-state index in [0.29, 0.717) is 34.0 Å². The molecular formula is C19H18FN5O2. The third-order valence-corrected chi connectivity index (χ3v) is 4.50. The van der Waals surface area contributed by atoms with Crippen molar-refractivity contribution in [3.05, 3.63) is 64.1 Å². The van der Waals surface area contributed by atoms with Crippen LogP contribution in [0.4, 0.5) is 4.39 Å². The first-order valence-electron chi connectivity index (χ1n) is 8.52. The van der Waals surface area contributed by atoms with Crippen molar-refractivity contribution in [2.75, 3.05) is 6.54 Å². The van der Waals surface area contributed by atoms with Gasteiger partial charge in [0, 0.05) is 42.6 Å². The maximum Gasteiger partial charge on any atom is 0.262 e. The van der Waals surface area contributed by atoms with Crippen molar-refractivity contribution < 1.29 is 9.13 Å². The number of H-pyrrole nitrogens is 1. The smallest absolute Gasteiger partial charge is 0.262 e. The maximum atomic E-state index is 14.7. The van der Waals surface area contributed by atoms with Crippen LogP contribution in [-0.2, 0) is 13.2 Å². The average Bonchev–Trinajstić information content (AvgIpc) is 3.07. The highest BCUT2D eigenvalue weighted by molar-refractivity contribution is 6.04. The Hall–Kier alpha value is -3.26. The number of pyridine rings is 2. The molecule has 8 heteroatoms. The lowest BCUT2D eigenvalue weighted by molar-refractivity contribution is 0.290. The van der Waals surface area contributed by atoms with Crippen LogP contribution in [0.1, 0.15) is 11.3 Å². The van der Waals surface area contributed by atoms with E-state index in [4.69, 9.17) is 10.5 Å². The summed E-state index contributed by atoms with van der Waals surface area (Å²) >= 11 is 0. The predicted molar refractivity (Wildman–Crippen MR) is 100 cm³/mol. The molecule has 4 aromatic rings. The second kappa shape index (κ2) is 6.81. The Labute approximate surface area is 153 Å². The molecule has 0 saturated heterocycles. The van der Waals surface area contributed by atoms with Gasteiger partial charge in [-0.25, -0.2) is 4.39 Å². The van der Waals surface area contributed by atoms with Crippen molar-refractivity contribution >= 4 is 21.8 Å². The summed E-state index contributed by atoms with van der Waals surface area (Å²) in [4.78, 5) is 16.8. The van der Waals surface area contributed by atoms with Crippen LogP contribution in [0.25, 0.3) is 21.8 Å². The summed E-state index contributed by atoms with van der Waals surface area (Å²) in [6.07, 6.45) is 3.29. The van der Waals surface area contributed by atoms with E-state index in [1.54, 1.807) is 36.0 Å². The molecule has 0 spiro atoms. The molecule has 0 aliphatic rings. The Balaban J connectivity index is 1.88. The lowest BCUT2D eigenvalue weighted by Gasteiger charge is -2.13. The molecule has 0 bridgehead atoms. The van der Waals surface area contributed by atoms with Gasteiger partial charge in [-0.15, -0.1) is 0 Å². The molecule has 0 aliphatic heterocycles. The van der Waals surface area contributed by atoms with Gasteiger partial charge in [0.25, 0.3) is 5.56 Å². The Morgan fingerprint density at radius 2 is 2.07 bits per heavy atom. The molecule has 0 amide bonds. The zero-order valence-electron chi connectivity index (χ0n) is 14.7. The fourth-order valence-electron chi connectivity index (χ4n) is 3.19. The van der Waals surface area contributed by atoms with Crippen LogP contribution in [0, 0.1) is 12.7 Å². The molecule has 0 radical (unpaired) electrons. The monoisotopic (exact) mass is 367 g/mol. The molecule has 3 N–H and O–H groups in total. The van der Waals surface area contributed by atoms with Crippen molar-refractivity contribution in [1.29, 1.82) is 0 Å². The van der Waals surface area contributed by atoms with Gasteiger partial charge in [-0.2, -0.15) is 5.10 Å². The fourth-order valence-corrected chi connectivity index (χ4v) is 3.19. The number of benzene rings is 1. The molecule has 4 rings (SSSR count). The Morgan fingerprint density at radius 1 is 1.30 bits per heavy atom. The molecule has 0 aliphatic carbocycles. The van der Waals surface area contributed by atoms with Crippen molar-refractivity contribution in [3.8, 4) is 5.75 Å². The first-order valence-corrected chi connectivity index (χ1v) is 8.52. The van der Waals surface area contributed by atoms with Crippen LogP contribution in [-0.4, -0.2) is 26.3 Å². The van der Waals surface area contributed by atoms with E-state index in [1.807, 2.05) is 0 Å². The largest absolute Gasteiger partial charge is 0.486 e. The highest BCUT2D eigenvalue weighted by Gasteiger charge is 2.18. The van der Waals surface area contributed by atoms with Crippen molar-refractivity contribution in [1.82, 2.24) is 19.7 Å². The van der Waals surface area contributed by atoms with Crippen LogP contribution in [0.15, 0.2) is 41.5 Å². The number of aromatic amines is 1. The Kier molecular flexibility index (Phi) is 4.33. The molecule has 138 valence electrons. The Bertz CT molecular complexity index is 1180. The van der Waals surface area contributed by atoms with Gasteiger partial charge >= 0.3 is 0 Å². The summed E-state index contributed by atoms with van der Waals surface area (Å²) in [6, 6.07) is 6.47. The van der Waals surface area contributed by atoms with Crippen LogP contribution in [0.3, 0.4) is 0 Å². The summed E-state index contributed by atoms with van der Waals surface area (Å²) < 4.78 is 21.9. The van der Waals surface area contributed by atoms with Crippen LogP contribution < -0.4 is 16.0 Å². The van der Waals surface area contributed by atoms with Gasteiger partial charge in [-0.3, -0.25) is 14.9 Å². The van der Waals surface area contributed by atoms with Gasteiger partial charge in [-0.05, 0) is 30.7 Å². The van der Waals surface area contributed by atoms with Crippen LogP contribution in [0.2, 0.25) is 0 Å². The predicted octanol–water partition coefficient (Wildman–Crippen LogP) is 2.26. The number of ether oxygens (including phenoxy) is 1. The number of hydrogen-bond donors (Lipinski definition) is 2. The van der Waals surface area contributed by atoms with E-state index < -0.39 is 5.82 Å². The van der Waals surface area contributed by atoms with E-state index in [-0.39, 0.29) is 24.5 Å². The quantitative estimate of drug-likeness (QED) is 0.564. The summed E-state index contributed by atoms with van der Waals surface area (Å²) in [5, 5.41) is 7.98. The standard InChI is InChI=1S/C19H18FN5O2/c1-11-17-18(24-23-11)13-8-14(20)16(27-10-12-2-5-22-6-3-12)9-15(13)25(7-4-21)19(17)26/h2-3,5-6,8-9H,4,7,10,21H2,1H3,(H,23,24). The highest BCUT2D eigenvalue weighted by atomic mass is 19.1. The fraction of sp³-hybridized carbons (Fsp3) is 0.211. The zero-order chi connectivity index (χ0) is 19.0. The number of aromatic nitrogens is 4. The minimum atomic E-state index is -0.517. The SMILES string of the molecule is Cc1[nH]nc2c1c(=O)n(CCN)c1cc(OCc3ccncc3)c(F)cc21. The lowest BCUT2D eigenvalue weighted by Crippen LogP contribution is -2.25.